The largest absolute Gasteiger partial charge is 0.497 e. The number of ether oxygens (including phenoxy) is 1. The van der Waals surface area contributed by atoms with Gasteiger partial charge in [-0.2, -0.15) is 5.10 Å². The number of nitrogens with two attached hydrogens (primary N) is 1. The number of benzene rings is 1. The fourth-order valence-electron chi connectivity index (χ4n) is 2.12. The first kappa shape index (κ1) is 22.2. The SMILES string of the molecule is CCC(C)=O.CCCCCN=C(N)N/N=C/c1c[nH]c2ccc(OC)cc12. The molecule has 0 saturated carbocycles. The van der Waals surface area contributed by atoms with E-state index in [0.29, 0.717) is 12.4 Å². The smallest absolute Gasteiger partial charge is 0.209 e. The number of Topliss-reactive ketones (excluding diaryl/α,β-unsaturated/α-hetero) is 1. The molecule has 0 aliphatic carbocycles. The van der Waals surface area contributed by atoms with Crippen LogP contribution in [0.1, 0.15) is 52.0 Å². The normalized spacial score (nSPS) is 11.3. The minimum Gasteiger partial charge on any atom is -0.497 e. The van der Waals surface area contributed by atoms with Crippen molar-refractivity contribution in [1.82, 2.24) is 10.4 Å². The number of aromatic nitrogens is 1. The van der Waals surface area contributed by atoms with Gasteiger partial charge in [0.2, 0.25) is 5.96 Å². The maximum atomic E-state index is 9.81. The molecule has 1 aromatic heterocycles. The van der Waals surface area contributed by atoms with Crippen molar-refractivity contribution in [2.45, 2.75) is 46.5 Å². The number of guanidine groups is 1. The van der Waals surface area contributed by atoms with E-state index >= 15 is 0 Å². The number of hydrazone groups is 1. The Hall–Kier alpha value is -2.83. The summed E-state index contributed by atoms with van der Waals surface area (Å²) in [6.07, 6.45) is 7.66. The van der Waals surface area contributed by atoms with Gasteiger partial charge in [0.15, 0.2) is 0 Å². The molecule has 4 N–H and O–H groups in total. The van der Waals surface area contributed by atoms with Gasteiger partial charge in [-0.25, -0.2) is 5.43 Å². The van der Waals surface area contributed by atoms with Gasteiger partial charge in [0.05, 0.1) is 13.3 Å². The Morgan fingerprint density at radius 1 is 1.33 bits per heavy atom. The number of ketones is 1. The van der Waals surface area contributed by atoms with E-state index in [9.17, 15) is 4.79 Å². The molecule has 0 unspecified atom stereocenters. The lowest BCUT2D eigenvalue weighted by atomic mass is 10.2. The molecular weight excluding hydrogens is 342 g/mol. The van der Waals surface area contributed by atoms with Gasteiger partial charge in [0, 0.05) is 35.6 Å². The highest BCUT2D eigenvalue weighted by Gasteiger charge is 2.03. The molecule has 0 fully saturated rings. The Morgan fingerprint density at radius 3 is 2.70 bits per heavy atom. The van der Waals surface area contributed by atoms with Crippen LogP contribution in [0.15, 0.2) is 34.5 Å². The average molecular weight is 374 g/mol. The fraction of sp³-hybridized carbons (Fsp3) is 0.450. The first-order chi connectivity index (χ1) is 13.0. The molecule has 0 bridgehead atoms. The van der Waals surface area contributed by atoms with E-state index in [1.165, 1.54) is 6.42 Å². The molecule has 0 amide bonds. The van der Waals surface area contributed by atoms with Gasteiger partial charge >= 0.3 is 0 Å². The van der Waals surface area contributed by atoms with Gasteiger partial charge < -0.3 is 20.2 Å². The highest BCUT2D eigenvalue weighted by Crippen LogP contribution is 2.22. The first-order valence-corrected chi connectivity index (χ1v) is 9.25. The highest BCUT2D eigenvalue weighted by molar-refractivity contribution is 5.99. The van der Waals surface area contributed by atoms with Gasteiger partial charge in [-0.1, -0.05) is 26.7 Å². The Balaban J connectivity index is 0.000000646. The van der Waals surface area contributed by atoms with Crippen LogP contribution in [0.3, 0.4) is 0 Å². The van der Waals surface area contributed by atoms with Crippen LogP contribution >= 0.6 is 0 Å². The number of aromatic amines is 1. The Bertz CT molecular complexity index is 765. The van der Waals surface area contributed by atoms with Crippen LogP contribution in [0.2, 0.25) is 0 Å². The van der Waals surface area contributed by atoms with Crippen molar-refractivity contribution >= 4 is 28.9 Å². The molecule has 2 aromatic rings. The van der Waals surface area contributed by atoms with Crippen molar-refractivity contribution in [3.05, 3.63) is 30.0 Å². The Kier molecular flexibility index (Phi) is 10.3. The maximum Gasteiger partial charge on any atom is 0.209 e. The number of rotatable bonds is 8. The van der Waals surface area contributed by atoms with Crippen LogP contribution in [0.25, 0.3) is 10.9 Å². The number of nitrogens with zero attached hydrogens (tertiary/aromatic N) is 2. The van der Waals surface area contributed by atoms with Crippen LogP contribution in [0.5, 0.6) is 5.75 Å². The third kappa shape index (κ3) is 8.40. The molecule has 0 atom stereocenters. The number of H-pyrrole nitrogens is 1. The predicted molar refractivity (Wildman–Crippen MR) is 113 cm³/mol. The molecule has 7 nitrogen and oxygen atoms in total. The number of carbonyl (C=O) groups is 1. The van der Waals surface area contributed by atoms with Gasteiger partial charge in [0.1, 0.15) is 11.5 Å². The summed E-state index contributed by atoms with van der Waals surface area (Å²) in [5.41, 5.74) is 10.5. The summed E-state index contributed by atoms with van der Waals surface area (Å²) in [5, 5.41) is 5.17. The first-order valence-electron chi connectivity index (χ1n) is 9.25. The lowest BCUT2D eigenvalue weighted by Crippen LogP contribution is -2.27. The number of aliphatic imine (C=N–C) groups is 1. The minimum atomic E-state index is 0.255. The second-order valence-electron chi connectivity index (χ2n) is 6.06. The van der Waals surface area contributed by atoms with Crippen LogP contribution in [-0.4, -0.2) is 36.6 Å². The summed E-state index contributed by atoms with van der Waals surface area (Å²) in [6, 6.07) is 5.86. The fourth-order valence-corrected chi connectivity index (χ4v) is 2.12. The molecule has 0 aliphatic heterocycles. The van der Waals surface area contributed by atoms with E-state index in [0.717, 1.165) is 41.6 Å². The highest BCUT2D eigenvalue weighted by atomic mass is 16.5. The zero-order valence-electron chi connectivity index (χ0n) is 16.7. The molecule has 7 heteroatoms. The third-order valence-corrected chi connectivity index (χ3v) is 3.85. The van der Waals surface area contributed by atoms with Crippen LogP contribution < -0.4 is 15.9 Å². The molecule has 0 saturated heterocycles. The zero-order chi connectivity index (χ0) is 20.1. The molecule has 2 rings (SSSR count). The number of unbranched alkanes of at least 4 members (excludes halogenated alkanes) is 2. The summed E-state index contributed by atoms with van der Waals surface area (Å²) in [5.74, 6) is 1.40. The summed E-state index contributed by atoms with van der Waals surface area (Å²) in [4.78, 5) is 17.2. The monoisotopic (exact) mass is 373 g/mol. The van der Waals surface area contributed by atoms with Gasteiger partial charge in [-0.05, 0) is 31.5 Å². The van der Waals surface area contributed by atoms with Crippen molar-refractivity contribution < 1.29 is 9.53 Å². The summed E-state index contributed by atoms with van der Waals surface area (Å²) >= 11 is 0. The van der Waals surface area contributed by atoms with Crippen molar-refractivity contribution in [3.63, 3.8) is 0 Å². The number of carbonyl (C=O) groups excluding carboxylic acids is 1. The lowest BCUT2D eigenvalue weighted by Gasteiger charge is -2.00. The summed E-state index contributed by atoms with van der Waals surface area (Å²) in [7, 11) is 1.65. The minimum absolute atomic E-state index is 0.255. The number of fused-ring (bicyclic) bond motifs is 1. The number of nitrogens with one attached hydrogen (secondary N) is 2. The number of hydrogen-bond donors (Lipinski definition) is 3. The lowest BCUT2D eigenvalue weighted by molar-refractivity contribution is -0.116. The van der Waals surface area contributed by atoms with Crippen LogP contribution in [0, 0.1) is 0 Å². The molecule has 27 heavy (non-hydrogen) atoms. The Morgan fingerprint density at radius 2 is 2.07 bits per heavy atom. The molecule has 1 aromatic carbocycles. The molecular formula is C20H31N5O2. The van der Waals surface area contributed by atoms with Crippen LogP contribution in [0.4, 0.5) is 0 Å². The summed E-state index contributed by atoms with van der Waals surface area (Å²) in [6.45, 7) is 6.32. The number of hydrogen-bond acceptors (Lipinski definition) is 4. The second kappa shape index (κ2) is 12.5. The van der Waals surface area contributed by atoms with Crippen molar-refractivity contribution in [3.8, 4) is 5.75 Å². The van der Waals surface area contributed by atoms with Crippen molar-refractivity contribution in [2.75, 3.05) is 13.7 Å². The predicted octanol–water partition coefficient (Wildman–Crippen LogP) is 3.59. The van der Waals surface area contributed by atoms with Gasteiger partial charge in [-0.15, -0.1) is 0 Å². The van der Waals surface area contributed by atoms with E-state index in [2.05, 4.69) is 27.4 Å². The maximum absolute atomic E-state index is 9.81. The van der Waals surface area contributed by atoms with Crippen molar-refractivity contribution in [1.29, 1.82) is 0 Å². The van der Waals surface area contributed by atoms with E-state index in [1.807, 2.05) is 31.3 Å². The average Bonchev–Trinajstić information content (AvgIpc) is 3.08. The van der Waals surface area contributed by atoms with E-state index in [1.54, 1.807) is 20.2 Å². The molecule has 148 valence electrons. The standard InChI is InChI=1S/C16H23N5O.C4H8O/c1-3-4-5-8-18-16(17)21-20-11-12-10-19-15-7-6-13(22-2)9-14(12)15;1-3-4(2)5/h6-7,9-11,19H,3-5,8H2,1-2H3,(H3,17,18,21);3H2,1-2H3/b20-11+;. The number of methoxy groups -OCH3 is 1. The topological polar surface area (TPSA) is 105 Å². The molecule has 0 spiro atoms. The zero-order valence-corrected chi connectivity index (χ0v) is 16.7. The van der Waals surface area contributed by atoms with Gasteiger partial charge in [-0.3, -0.25) is 4.99 Å². The van der Waals surface area contributed by atoms with Gasteiger partial charge in [0.25, 0.3) is 0 Å². The molecule has 0 aliphatic rings. The van der Waals surface area contributed by atoms with E-state index in [-0.39, 0.29) is 5.78 Å². The molecule has 0 radical (unpaired) electrons. The van der Waals surface area contributed by atoms with Crippen molar-refractivity contribution in [2.24, 2.45) is 15.8 Å². The Labute approximate surface area is 161 Å². The third-order valence-electron chi connectivity index (χ3n) is 3.85. The van der Waals surface area contributed by atoms with Crippen LogP contribution in [-0.2, 0) is 4.79 Å². The summed E-state index contributed by atoms with van der Waals surface area (Å²) < 4.78 is 5.24. The second-order valence-corrected chi connectivity index (χ2v) is 6.06. The quantitative estimate of drug-likeness (QED) is 0.284. The molecule has 1 heterocycles. The van der Waals surface area contributed by atoms with E-state index in [4.69, 9.17) is 10.5 Å². The van der Waals surface area contributed by atoms with E-state index < -0.39 is 0 Å².